The maximum atomic E-state index is 12.1. The minimum atomic E-state index is -0.449. The maximum Gasteiger partial charge on any atom is 0.278 e. The number of para-hydroxylation sites is 1. The molecule has 0 bridgehead atoms. The molecule has 1 amide bonds. The molecule has 0 unspecified atom stereocenters. The van der Waals surface area contributed by atoms with Crippen molar-refractivity contribution in [1.29, 1.82) is 5.26 Å². The van der Waals surface area contributed by atoms with Gasteiger partial charge in [0.2, 0.25) is 0 Å². The number of nitrogens with zero attached hydrogens (tertiary/aromatic N) is 2. The minimum Gasteiger partial charge on any atom is -0.382 e. The molecular weight excluding hydrogens is 366 g/mol. The molecule has 27 heavy (non-hydrogen) atoms. The zero-order chi connectivity index (χ0) is 19.6. The fourth-order valence-electron chi connectivity index (χ4n) is 2.32. The summed E-state index contributed by atoms with van der Waals surface area (Å²) in [5.41, 5.74) is 0.510. The molecule has 0 saturated heterocycles. The van der Waals surface area contributed by atoms with E-state index in [1.807, 2.05) is 13.0 Å². The molecule has 0 spiro atoms. The van der Waals surface area contributed by atoms with Crippen molar-refractivity contribution in [3.8, 4) is 16.5 Å². The van der Waals surface area contributed by atoms with Gasteiger partial charge in [0.15, 0.2) is 0 Å². The number of nitrogens with one attached hydrogen (secondary N) is 1. The molecule has 7 nitrogen and oxygen atoms in total. The Labute approximate surface area is 161 Å². The van der Waals surface area contributed by atoms with Gasteiger partial charge in [0.25, 0.3) is 11.6 Å². The van der Waals surface area contributed by atoms with Gasteiger partial charge in [-0.3, -0.25) is 14.9 Å². The van der Waals surface area contributed by atoms with Crippen LogP contribution in [0, 0.1) is 21.4 Å². The average Bonchev–Trinajstić information content (AvgIpc) is 3.14. The summed E-state index contributed by atoms with van der Waals surface area (Å²) in [7, 11) is 0. The van der Waals surface area contributed by atoms with Crippen molar-refractivity contribution in [1.82, 2.24) is 5.32 Å². The number of carbonyl (C=O) groups excluding carboxylic acids is 1. The van der Waals surface area contributed by atoms with E-state index >= 15 is 0 Å². The van der Waals surface area contributed by atoms with Gasteiger partial charge in [0, 0.05) is 35.6 Å². The van der Waals surface area contributed by atoms with E-state index in [1.54, 1.807) is 30.3 Å². The third-order valence-electron chi connectivity index (χ3n) is 3.60. The third kappa shape index (κ3) is 5.74. The fraction of sp³-hybridized carbons (Fsp3) is 0.263. The Bertz CT molecular complexity index is 883. The molecule has 1 aromatic carbocycles. The lowest BCUT2D eigenvalue weighted by atomic mass is 10.1. The zero-order valence-electron chi connectivity index (χ0n) is 14.8. The Morgan fingerprint density at radius 1 is 1.37 bits per heavy atom. The highest BCUT2D eigenvalue weighted by Gasteiger charge is 2.16. The fourth-order valence-corrected chi connectivity index (χ4v) is 3.31. The number of amides is 1. The first kappa shape index (κ1) is 20.3. The van der Waals surface area contributed by atoms with Crippen LogP contribution in [0.4, 0.5) is 5.69 Å². The van der Waals surface area contributed by atoms with Crippen molar-refractivity contribution < 1.29 is 14.5 Å². The Morgan fingerprint density at radius 3 is 2.85 bits per heavy atom. The van der Waals surface area contributed by atoms with Crippen LogP contribution < -0.4 is 5.32 Å². The van der Waals surface area contributed by atoms with Crippen molar-refractivity contribution in [3.05, 3.63) is 57.0 Å². The standard InChI is InChI=1S/C19H19N3O4S/c1-2-26-11-5-10-21-19(23)14(13-20)12-15-8-9-18(27-15)16-6-3-4-7-17(16)22(24)25/h3-4,6-9,12H,2,5,10-11H2,1H3,(H,21,23)/b14-12+. The molecule has 0 atom stereocenters. The first-order chi connectivity index (χ1) is 13.1. The summed E-state index contributed by atoms with van der Waals surface area (Å²) >= 11 is 1.28. The van der Waals surface area contributed by atoms with E-state index in [2.05, 4.69) is 5.32 Å². The Kier molecular flexibility index (Phi) is 7.67. The third-order valence-corrected chi connectivity index (χ3v) is 4.67. The van der Waals surface area contributed by atoms with Gasteiger partial charge in [0.05, 0.1) is 10.5 Å². The van der Waals surface area contributed by atoms with Crippen LogP contribution in [-0.4, -0.2) is 30.6 Å². The molecule has 1 N–H and O–H groups in total. The van der Waals surface area contributed by atoms with E-state index in [1.165, 1.54) is 23.5 Å². The lowest BCUT2D eigenvalue weighted by Crippen LogP contribution is -2.26. The zero-order valence-corrected chi connectivity index (χ0v) is 15.6. The molecule has 0 aliphatic rings. The van der Waals surface area contributed by atoms with E-state index in [0.29, 0.717) is 41.5 Å². The van der Waals surface area contributed by atoms with Crippen LogP contribution >= 0.6 is 11.3 Å². The van der Waals surface area contributed by atoms with Gasteiger partial charge in [-0.25, -0.2) is 0 Å². The SMILES string of the molecule is CCOCCCNC(=O)/C(C#N)=C/c1ccc(-c2ccccc2[N+](=O)[O-])s1. The second kappa shape index (κ2) is 10.2. The lowest BCUT2D eigenvalue weighted by molar-refractivity contribution is -0.384. The van der Waals surface area contributed by atoms with Gasteiger partial charge in [-0.15, -0.1) is 11.3 Å². The number of carbonyl (C=O) groups is 1. The monoisotopic (exact) mass is 385 g/mol. The second-order valence-corrected chi connectivity index (χ2v) is 6.57. The molecule has 0 fully saturated rings. The smallest absolute Gasteiger partial charge is 0.278 e. The van der Waals surface area contributed by atoms with Gasteiger partial charge in [-0.1, -0.05) is 12.1 Å². The molecular formula is C19H19N3O4S. The quantitative estimate of drug-likeness (QED) is 0.232. The highest BCUT2D eigenvalue weighted by Crippen LogP contribution is 2.35. The van der Waals surface area contributed by atoms with E-state index < -0.39 is 10.8 Å². The number of rotatable bonds is 9. The van der Waals surface area contributed by atoms with Crippen molar-refractivity contribution in [2.45, 2.75) is 13.3 Å². The molecule has 2 rings (SSSR count). The molecule has 0 aliphatic carbocycles. The van der Waals surface area contributed by atoms with Crippen LogP contribution in [-0.2, 0) is 9.53 Å². The minimum absolute atomic E-state index is 0.0117. The Balaban J connectivity index is 2.12. The van der Waals surface area contributed by atoms with Crippen LogP contribution in [0.25, 0.3) is 16.5 Å². The predicted molar refractivity (Wildman–Crippen MR) is 104 cm³/mol. The normalized spacial score (nSPS) is 11.0. The Hall–Kier alpha value is -3.02. The van der Waals surface area contributed by atoms with Crippen LogP contribution in [0.1, 0.15) is 18.2 Å². The van der Waals surface area contributed by atoms with Gasteiger partial charge >= 0.3 is 0 Å². The summed E-state index contributed by atoms with van der Waals surface area (Å²) < 4.78 is 5.19. The number of ether oxygens (including phenoxy) is 1. The van der Waals surface area contributed by atoms with Crippen LogP contribution in [0.15, 0.2) is 42.0 Å². The van der Waals surface area contributed by atoms with Crippen LogP contribution in [0.5, 0.6) is 0 Å². The van der Waals surface area contributed by atoms with Crippen LogP contribution in [0.2, 0.25) is 0 Å². The maximum absolute atomic E-state index is 12.1. The predicted octanol–water partition coefficient (Wildman–Crippen LogP) is 3.77. The number of nitriles is 1. The number of benzene rings is 1. The molecule has 0 radical (unpaired) electrons. The van der Waals surface area contributed by atoms with E-state index in [0.717, 1.165) is 0 Å². The average molecular weight is 385 g/mol. The molecule has 0 saturated carbocycles. The summed E-state index contributed by atoms with van der Waals surface area (Å²) in [6, 6.07) is 11.8. The van der Waals surface area contributed by atoms with E-state index in [-0.39, 0.29) is 11.3 Å². The highest BCUT2D eigenvalue weighted by molar-refractivity contribution is 7.16. The van der Waals surface area contributed by atoms with Crippen molar-refractivity contribution >= 4 is 29.0 Å². The van der Waals surface area contributed by atoms with Gasteiger partial charge in [0.1, 0.15) is 11.6 Å². The summed E-state index contributed by atoms with van der Waals surface area (Å²) in [6.45, 7) is 3.49. The van der Waals surface area contributed by atoms with E-state index in [4.69, 9.17) is 4.74 Å². The van der Waals surface area contributed by atoms with Crippen molar-refractivity contribution in [2.75, 3.05) is 19.8 Å². The number of nitro groups is 1. The van der Waals surface area contributed by atoms with Crippen LogP contribution in [0.3, 0.4) is 0 Å². The van der Waals surface area contributed by atoms with Crippen molar-refractivity contribution in [3.63, 3.8) is 0 Å². The summed E-state index contributed by atoms with van der Waals surface area (Å²) in [4.78, 5) is 24.2. The number of hydrogen-bond donors (Lipinski definition) is 1. The van der Waals surface area contributed by atoms with Gasteiger partial charge < -0.3 is 10.1 Å². The molecule has 1 heterocycles. The number of hydrogen-bond acceptors (Lipinski definition) is 6. The largest absolute Gasteiger partial charge is 0.382 e. The number of nitro benzene ring substituents is 1. The summed E-state index contributed by atoms with van der Waals surface area (Å²) in [5.74, 6) is -0.449. The summed E-state index contributed by atoms with van der Waals surface area (Å²) in [5, 5.41) is 23.1. The molecule has 2 aromatic rings. The highest BCUT2D eigenvalue weighted by atomic mass is 32.1. The van der Waals surface area contributed by atoms with Crippen molar-refractivity contribution in [2.24, 2.45) is 0 Å². The molecule has 8 heteroatoms. The molecule has 140 valence electrons. The first-order valence-electron chi connectivity index (χ1n) is 8.38. The molecule has 0 aliphatic heterocycles. The van der Waals surface area contributed by atoms with Gasteiger partial charge in [-0.2, -0.15) is 5.26 Å². The number of thiophene rings is 1. The van der Waals surface area contributed by atoms with E-state index in [9.17, 15) is 20.2 Å². The molecule has 1 aromatic heterocycles. The lowest BCUT2D eigenvalue weighted by Gasteiger charge is -2.04. The second-order valence-electron chi connectivity index (χ2n) is 5.45. The first-order valence-corrected chi connectivity index (χ1v) is 9.19. The van der Waals surface area contributed by atoms with Gasteiger partial charge in [-0.05, 0) is 37.6 Å². The summed E-state index contributed by atoms with van der Waals surface area (Å²) in [6.07, 6.45) is 2.15. The Morgan fingerprint density at radius 2 is 2.15 bits per heavy atom. The topological polar surface area (TPSA) is 105 Å².